The Morgan fingerprint density at radius 3 is 2.71 bits per heavy atom. The van der Waals surface area contributed by atoms with Gasteiger partial charge < -0.3 is 14.7 Å². The Morgan fingerprint density at radius 1 is 1.19 bits per heavy atom. The van der Waals surface area contributed by atoms with Crippen LogP contribution >= 0.6 is 0 Å². The van der Waals surface area contributed by atoms with Crippen molar-refractivity contribution in [1.82, 2.24) is 9.80 Å². The predicted molar refractivity (Wildman–Crippen MR) is 85.8 cm³/mol. The summed E-state index contributed by atoms with van der Waals surface area (Å²) in [7, 11) is 6.20. The molecule has 4 nitrogen and oxygen atoms in total. The summed E-state index contributed by atoms with van der Waals surface area (Å²) in [6, 6.07) is 8.48. The highest BCUT2D eigenvalue weighted by Gasteiger charge is 2.34. The molecule has 0 aromatic heterocycles. The molecule has 0 spiro atoms. The van der Waals surface area contributed by atoms with Gasteiger partial charge in [0.15, 0.2) is 0 Å². The Bertz CT molecular complexity index is 529. The Balaban J connectivity index is 1.80. The van der Waals surface area contributed by atoms with Gasteiger partial charge in [-0.05, 0) is 44.0 Å². The van der Waals surface area contributed by atoms with Gasteiger partial charge in [-0.1, -0.05) is 6.07 Å². The highest BCUT2D eigenvalue weighted by atomic mass is 16.2. The van der Waals surface area contributed by atoms with Crippen molar-refractivity contribution in [3.8, 4) is 0 Å². The SMILES string of the molecule is CN(C)c1cccc(C(=O)N2C[C@H]3CC[C@@H](C2)N(C)C3)c1. The Morgan fingerprint density at radius 2 is 2.00 bits per heavy atom. The van der Waals surface area contributed by atoms with Crippen LogP contribution in [-0.2, 0) is 0 Å². The number of carbonyl (C=O) groups is 1. The summed E-state index contributed by atoms with van der Waals surface area (Å²) >= 11 is 0. The van der Waals surface area contributed by atoms with Crippen molar-refractivity contribution >= 4 is 11.6 Å². The number of amides is 1. The Kier molecular flexibility index (Phi) is 3.89. The number of rotatable bonds is 2. The predicted octanol–water partition coefficient (Wildman–Crippen LogP) is 1.92. The van der Waals surface area contributed by atoms with Crippen molar-refractivity contribution in [1.29, 1.82) is 0 Å². The molecule has 114 valence electrons. The smallest absolute Gasteiger partial charge is 0.253 e. The number of piperidine rings is 1. The minimum absolute atomic E-state index is 0.186. The minimum atomic E-state index is 0.186. The maximum absolute atomic E-state index is 12.8. The monoisotopic (exact) mass is 287 g/mol. The summed E-state index contributed by atoms with van der Waals surface area (Å²) < 4.78 is 0. The van der Waals surface area contributed by atoms with E-state index in [9.17, 15) is 4.79 Å². The van der Waals surface area contributed by atoms with Crippen LogP contribution in [0.15, 0.2) is 24.3 Å². The molecule has 4 heteroatoms. The van der Waals surface area contributed by atoms with Gasteiger partial charge in [0.1, 0.15) is 0 Å². The van der Waals surface area contributed by atoms with Crippen LogP contribution in [-0.4, -0.2) is 62.5 Å². The molecule has 21 heavy (non-hydrogen) atoms. The van der Waals surface area contributed by atoms with Gasteiger partial charge in [-0.3, -0.25) is 4.79 Å². The second-order valence-electron chi connectivity index (χ2n) is 6.69. The molecule has 1 aromatic rings. The van der Waals surface area contributed by atoms with E-state index < -0.39 is 0 Å². The summed E-state index contributed by atoms with van der Waals surface area (Å²) in [5, 5.41) is 0. The molecule has 1 aromatic carbocycles. The van der Waals surface area contributed by atoms with Crippen LogP contribution in [0.3, 0.4) is 0 Å². The van der Waals surface area contributed by atoms with Gasteiger partial charge in [0.05, 0.1) is 0 Å². The third-order valence-corrected chi connectivity index (χ3v) is 4.88. The average Bonchev–Trinajstić information content (AvgIpc) is 2.77. The fourth-order valence-corrected chi connectivity index (χ4v) is 3.58. The zero-order valence-electron chi connectivity index (χ0n) is 13.2. The van der Waals surface area contributed by atoms with E-state index in [-0.39, 0.29) is 5.91 Å². The first-order valence-electron chi connectivity index (χ1n) is 7.81. The number of carbonyl (C=O) groups excluding carboxylic acids is 1. The molecule has 3 aliphatic heterocycles. The third-order valence-electron chi connectivity index (χ3n) is 4.88. The molecule has 3 saturated heterocycles. The van der Waals surface area contributed by atoms with E-state index in [0.717, 1.165) is 30.9 Å². The molecule has 0 aliphatic carbocycles. The van der Waals surface area contributed by atoms with Crippen LogP contribution < -0.4 is 4.90 Å². The van der Waals surface area contributed by atoms with E-state index in [2.05, 4.69) is 16.8 Å². The number of benzene rings is 1. The molecular weight excluding hydrogens is 262 g/mol. The minimum Gasteiger partial charge on any atom is -0.378 e. The number of anilines is 1. The Labute approximate surface area is 127 Å². The van der Waals surface area contributed by atoms with Gasteiger partial charge in [-0.2, -0.15) is 0 Å². The first kappa shape index (κ1) is 14.4. The van der Waals surface area contributed by atoms with E-state index in [0.29, 0.717) is 12.0 Å². The fourth-order valence-electron chi connectivity index (χ4n) is 3.58. The molecule has 3 heterocycles. The first-order valence-corrected chi connectivity index (χ1v) is 7.81. The number of fused-ring (bicyclic) bond motifs is 4. The molecule has 0 N–H and O–H groups in total. The number of hydrogen-bond acceptors (Lipinski definition) is 3. The lowest BCUT2D eigenvalue weighted by Crippen LogP contribution is -2.41. The highest BCUT2D eigenvalue weighted by molar-refractivity contribution is 5.95. The van der Waals surface area contributed by atoms with E-state index in [1.165, 1.54) is 12.8 Å². The lowest BCUT2D eigenvalue weighted by molar-refractivity contribution is 0.0742. The molecular formula is C17H25N3O. The maximum Gasteiger partial charge on any atom is 0.253 e. The molecule has 2 atom stereocenters. The van der Waals surface area contributed by atoms with Crippen molar-refractivity contribution in [3.63, 3.8) is 0 Å². The van der Waals surface area contributed by atoms with E-state index in [1.807, 2.05) is 43.3 Å². The van der Waals surface area contributed by atoms with Crippen LogP contribution in [0.1, 0.15) is 23.2 Å². The van der Waals surface area contributed by atoms with E-state index in [1.54, 1.807) is 0 Å². The van der Waals surface area contributed by atoms with E-state index >= 15 is 0 Å². The zero-order chi connectivity index (χ0) is 15.0. The van der Waals surface area contributed by atoms with Crippen molar-refractivity contribution in [2.24, 2.45) is 5.92 Å². The lowest BCUT2D eigenvalue weighted by Gasteiger charge is -2.32. The van der Waals surface area contributed by atoms with Crippen LogP contribution in [0.2, 0.25) is 0 Å². The largest absolute Gasteiger partial charge is 0.378 e. The summed E-state index contributed by atoms with van der Waals surface area (Å²) in [5.74, 6) is 0.820. The number of nitrogens with zero attached hydrogens (tertiary/aromatic N) is 3. The van der Waals surface area contributed by atoms with Crippen LogP contribution in [0.4, 0.5) is 5.69 Å². The van der Waals surface area contributed by atoms with Crippen LogP contribution in [0.5, 0.6) is 0 Å². The second kappa shape index (κ2) is 5.68. The van der Waals surface area contributed by atoms with Crippen LogP contribution in [0.25, 0.3) is 0 Å². The summed E-state index contributed by atoms with van der Waals surface area (Å²) in [6.45, 7) is 2.91. The van der Waals surface area contributed by atoms with Gasteiger partial charge in [-0.15, -0.1) is 0 Å². The Hall–Kier alpha value is -1.55. The van der Waals surface area contributed by atoms with Crippen molar-refractivity contribution in [3.05, 3.63) is 29.8 Å². The normalized spacial score (nSPS) is 25.8. The fraction of sp³-hybridized carbons (Fsp3) is 0.588. The zero-order valence-corrected chi connectivity index (χ0v) is 13.2. The van der Waals surface area contributed by atoms with Gasteiger partial charge in [0.2, 0.25) is 0 Å². The van der Waals surface area contributed by atoms with Gasteiger partial charge in [0, 0.05) is 51.0 Å². The standard InChI is InChI=1S/C17H25N3O/c1-18(2)15-6-4-5-14(9-15)17(21)20-11-13-7-8-16(12-20)19(3)10-13/h4-6,9,13,16H,7-8,10-12H2,1-3H3/t13-,16-/m0/s1. The summed E-state index contributed by atoms with van der Waals surface area (Å²) in [6.07, 6.45) is 2.49. The van der Waals surface area contributed by atoms with Gasteiger partial charge in [0.25, 0.3) is 5.91 Å². The molecule has 1 amide bonds. The first-order chi connectivity index (χ1) is 10.0. The molecule has 4 rings (SSSR count). The number of hydrogen-bond donors (Lipinski definition) is 0. The summed E-state index contributed by atoms with van der Waals surface area (Å²) in [4.78, 5) is 19.4. The van der Waals surface area contributed by atoms with Gasteiger partial charge >= 0.3 is 0 Å². The molecule has 0 unspecified atom stereocenters. The molecule has 2 bridgehead atoms. The van der Waals surface area contributed by atoms with Crippen molar-refractivity contribution < 1.29 is 4.79 Å². The molecule has 3 aliphatic rings. The van der Waals surface area contributed by atoms with E-state index in [4.69, 9.17) is 0 Å². The van der Waals surface area contributed by atoms with Crippen molar-refractivity contribution in [2.45, 2.75) is 18.9 Å². The van der Waals surface area contributed by atoms with Crippen LogP contribution in [0, 0.1) is 5.92 Å². The molecule has 0 radical (unpaired) electrons. The third kappa shape index (κ3) is 2.91. The summed E-state index contributed by atoms with van der Waals surface area (Å²) in [5.41, 5.74) is 1.89. The topological polar surface area (TPSA) is 26.8 Å². The highest BCUT2D eigenvalue weighted by Crippen LogP contribution is 2.28. The lowest BCUT2D eigenvalue weighted by atomic mass is 9.96. The second-order valence-corrected chi connectivity index (χ2v) is 6.69. The average molecular weight is 287 g/mol. The van der Waals surface area contributed by atoms with Gasteiger partial charge in [-0.25, -0.2) is 0 Å². The quantitative estimate of drug-likeness (QED) is 0.831. The number of likely N-dealkylation sites (N-methyl/N-ethyl adjacent to an activating group) is 1. The molecule has 0 saturated carbocycles. The van der Waals surface area contributed by atoms with Crippen molar-refractivity contribution in [2.75, 3.05) is 45.7 Å². The maximum atomic E-state index is 12.8. The molecule has 3 fully saturated rings.